The minimum absolute atomic E-state index is 0.246. The highest BCUT2D eigenvalue weighted by molar-refractivity contribution is 5.75. The van der Waals surface area contributed by atoms with E-state index in [9.17, 15) is 18.0 Å². The van der Waals surface area contributed by atoms with Gasteiger partial charge in [0.25, 0.3) is 0 Å². The highest BCUT2D eigenvalue weighted by Gasteiger charge is 2.40. The first-order valence-corrected chi connectivity index (χ1v) is 3.93. The molecule has 0 aromatic carbocycles. The van der Waals surface area contributed by atoms with Crippen LogP contribution in [0, 0.1) is 0 Å². The van der Waals surface area contributed by atoms with Gasteiger partial charge in [-0.25, -0.2) is 4.79 Å². The van der Waals surface area contributed by atoms with Gasteiger partial charge in [-0.05, 0) is 13.0 Å². The lowest BCUT2D eigenvalue weighted by atomic mass is 10.5. The van der Waals surface area contributed by atoms with Crippen LogP contribution in [0.4, 0.5) is 13.2 Å². The van der Waals surface area contributed by atoms with Crippen molar-refractivity contribution in [2.24, 2.45) is 0 Å². The van der Waals surface area contributed by atoms with E-state index in [-0.39, 0.29) is 13.2 Å². The molecule has 0 amide bonds. The van der Waals surface area contributed by atoms with Gasteiger partial charge in [0.1, 0.15) is 6.61 Å². The van der Waals surface area contributed by atoms with Gasteiger partial charge in [-0.1, -0.05) is 6.92 Å². The molecule has 0 unspecified atom stereocenters. The molecule has 0 aliphatic heterocycles. The topological polar surface area (TPSA) is 38.3 Å². The van der Waals surface area contributed by atoms with E-state index in [1.165, 1.54) is 0 Å². The summed E-state index contributed by atoms with van der Waals surface area (Å²) in [4.78, 5) is 10.1. The van der Waals surface area contributed by atoms with E-state index >= 15 is 0 Å². The highest BCUT2D eigenvalue weighted by Crippen LogP contribution is 2.15. The molecule has 0 spiro atoms. The fourth-order valence-electron chi connectivity index (χ4n) is 0.600. The molecule has 13 heavy (non-hydrogen) atoms. The lowest BCUT2D eigenvalue weighted by Gasteiger charge is -2.07. The largest absolute Gasteiger partial charge is 0.490 e. The van der Waals surface area contributed by atoms with E-state index in [2.05, 4.69) is 10.1 Å². The number of rotatable bonds is 5. The first kappa shape index (κ1) is 12.2. The third-order valence-electron chi connectivity index (χ3n) is 1.17. The van der Waals surface area contributed by atoms with Crippen LogP contribution in [0.5, 0.6) is 0 Å². The van der Waals surface area contributed by atoms with Crippen LogP contribution in [0.15, 0.2) is 0 Å². The fourth-order valence-corrected chi connectivity index (χ4v) is 0.600. The Morgan fingerprint density at radius 1 is 1.38 bits per heavy atom. The lowest BCUT2D eigenvalue weighted by molar-refractivity contribution is -0.199. The van der Waals surface area contributed by atoms with Crippen molar-refractivity contribution in [2.45, 2.75) is 19.5 Å². The Hall–Kier alpha value is -0.780. The molecule has 1 N–H and O–H groups in total. The van der Waals surface area contributed by atoms with Crippen LogP contribution in [0.2, 0.25) is 0 Å². The third-order valence-corrected chi connectivity index (χ3v) is 1.17. The Labute approximate surface area is 74.3 Å². The van der Waals surface area contributed by atoms with Crippen molar-refractivity contribution in [1.29, 1.82) is 0 Å². The number of hydrogen-bond donors (Lipinski definition) is 1. The van der Waals surface area contributed by atoms with Gasteiger partial charge in [0, 0.05) is 6.54 Å². The van der Waals surface area contributed by atoms with Crippen molar-refractivity contribution < 1.29 is 22.7 Å². The zero-order valence-electron chi connectivity index (χ0n) is 7.28. The van der Waals surface area contributed by atoms with Gasteiger partial charge in [-0.2, -0.15) is 13.2 Å². The number of nitrogens with one attached hydrogen (secondary N) is 1. The molecule has 0 aliphatic rings. The average Bonchev–Trinajstić information content (AvgIpc) is 2.02. The number of halogens is 3. The number of alkyl halides is 3. The van der Waals surface area contributed by atoms with E-state index < -0.39 is 12.1 Å². The van der Waals surface area contributed by atoms with Crippen molar-refractivity contribution >= 4 is 5.97 Å². The Kier molecular flexibility index (Phi) is 5.45. The second-order valence-corrected chi connectivity index (χ2v) is 2.38. The van der Waals surface area contributed by atoms with Crippen LogP contribution >= 0.6 is 0 Å². The highest BCUT2D eigenvalue weighted by atomic mass is 19.4. The molecule has 3 nitrogen and oxygen atoms in total. The third kappa shape index (κ3) is 6.39. The summed E-state index contributed by atoms with van der Waals surface area (Å²) < 4.78 is 38.5. The fraction of sp³-hybridized carbons (Fsp3) is 0.857. The minimum atomic E-state index is -4.88. The molecule has 0 saturated heterocycles. The summed E-state index contributed by atoms with van der Waals surface area (Å²) in [6.45, 7) is 2.62. The van der Waals surface area contributed by atoms with Crippen molar-refractivity contribution in [2.75, 3.05) is 19.7 Å². The Morgan fingerprint density at radius 2 is 2.00 bits per heavy atom. The second kappa shape index (κ2) is 5.80. The zero-order chi connectivity index (χ0) is 10.3. The standard InChI is InChI=1S/C7H12F3NO2/c1-2-3-11-4-5-13-6(12)7(8,9)10/h11H,2-5H2,1H3. The maximum atomic E-state index is 11.5. The van der Waals surface area contributed by atoms with E-state index in [0.717, 1.165) is 6.42 Å². The number of carbonyl (C=O) groups excluding carboxylic acids is 1. The summed E-state index contributed by atoms with van der Waals surface area (Å²) in [6, 6.07) is 0. The smallest absolute Gasteiger partial charge is 0.458 e. The Bertz CT molecular complexity index is 158. The van der Waals surface area contributed by atoms with Crippen molar-refractivity contribution in [1.82, 2.24) is 5.32 Å². The van der Waals surface area contributed by atoms with Gasteiger partial charge in [0.15, 0.2) is 0 Å². The molecule has 0 aromatic rings. The zero-order valence-corrected chi connectivity index (χ0v) is 7.28. The molecule has 0 rings (SSSR count). The van der Waals surface area contributed by atoms with Crippen molar-refractivity contribution in [3.05, 3.63) is 0 Å². The molecule has 6 heteroatoms. The van der Waals surface area contributed by atoms with Gasteiger partial charge in [-0.3, -0.25) is 0 Å². The average molecular weight is 199 g/mol. The minimum Gasteiger partial charge on any atom is -0.458 e. The summed E-state index contributed by atoms with van der Waals surface area (Å²) in [5, 5.41) is 2.80. The normalized spacial score (nSPS) is 11.4. The van der Waals surface area contributed by atoms with Crippen LogP contribution in [0.1, 0.15) is 13.3 Å². The van der Waals surface area contributed by atoms with Crippen molar-refractivity contribution in [3.63, 3.8) is 0 Å². The van der Waals surface area contributed by atoms with Gasteiger partial charge in [0.05, 0.1) is 0 Å². The summed E-state index contributed by atoms with van der Waals surface area (Å²) in [6.07, 6.45) is -4.00. The monoisotopic (exact) mass is 199 g/mol. The molecular formula is C7H12F3NO2. The van der Waals surface area contributed by atoms with Crippen LogP contribution < -0.4 is 5.32 Å². The quantitative estimate of drug-likeness (QED) is 0.532. The number of carbonyl (C=O) groups is 1. The van der Waals surface area contributed by atoms with Crippen LogP contribution in [0.25, 0.3) is 0 Å². The van der Waals surface area contributed by atoms with E-state index in [1.54, 1.807) is 0 Å². The van der Waals surface area contributed by atoms with E-state index in [4.69, 9.17) is 0 Å². The van der Waals surface area contributed by atoms with Crippen LogP contribution in [-0.4, -0.2) is 31.8 Å². The summed E-state index contributed by atoms with van der Waals surface area (Å²) >= 11 is 0. The number of ether oxygens (including phenoxy) is 1. The molecule has 0 fully saturated rings. The Morgan fingerprint density at radius 3 is 2.46 bits per heavy atom. The molecule has 0 aliphatic carbocycles. The SMILES string of the molecule is CCCNCCOC(=O)C(F)(F)F. The maximum absolute atomic E-state index is 11.5. The molecule has 0 radical (unpaired) electrons. The predicted octanol–water partition coefficient (Wildman–Crippen LogP) is 1.09. The van der Waals surface area contributed by atoms with Crippen molar-refractivity contribution in [3.8, 4) is 0 Å². The van der Waals surface area contributed by atoms with E-state index in [1.807, 2.05) is 6.92 Å². The number of hydrogen-bond acceptors (Lipinski definition) is 3. The molecule has 0 saturated carbocycles. The molecule has 0 aromatic heterocycles. The molecular weight excluding hydrogens is 187 g/mol. The summed E-state index contributed by atoms with van der Waals surface area (Å²) in [5.41, 5.74) is 0. The van der Waals surface area contributed by atoms with E-state index in [0.29, 0.717) is 6.54 Å². The Balaban J connectivity index is 3.38. The van der Waals surface area contributed by atoms with Gasteiger partial charge < -0.3 is 10.1 Å². The second-order valence-electron chi connectivity index (χ2n) is 2.38. The van der Waals surface area contributed by atoms with Gasteiger partial charge in [-0.15, -0.1) is 0 Å². The summed E-state index contributed by atoms with van der Waals surface area (Å²) in [7, 11) is 0. The first-order chi connectivity index (χ1) is 5.98. The summed E-state index contributed by atoms with van der Waals surface area (Å²) in [5.74, 6) is -2.13. The first-order valence-electron chi connectivity index (χ1n) is 3.93. The van der Waals surface area contributed by atoms with Gasteiger partial charge in [0.2, 0.25) is 0 Å². The predicted molar refractivity (Wildman–Crippen MR) is 40.2 cm³/mol. The lowest BCUT2D eigenvalue weighted by Crippen LogP contribution is -2.29. The number of esters is 1. The maximum Gasteiger partial charge on any atom is 0.490 e. The molecule has 0 atom stereocenters. The molecule has 0 bridgehead atoms. The van der Waals surface area contributed by atoms with Crippen LogP contribution in [0.3, 0.4) is 0 Å². The molecule has 0 heterocycles. The van der Waals surface area contributed by atoms with Crippen LogP contribution in [-0.2, 0) is 9.53 Å². The molecule has 78 valence electrons. The van der Waals surface area contributed by atoms with Gasteiger partial charge >= 0.3 is 12.1 Å².